The van der Waals surface area contributed by atoms with Gasteiger partial charge in [-0.3, -0.25) is 14.6 Å². The lowest BCUT2D eigenvalue weighted by Crippen LogP contribution is -2.48. The molecular formula is C18H34N2O4. The van der Waals surface area contributed by atoms with Gasteiger partial charge in [-0.25, -0.2) is 0 Å². The number of esters is 1. The Kier molecular flexibility index (Phi) is 9.65. The van der Waals surface area contributed by atoms with Crippen LogP contribution in [0.3, 0.4) is 0 Å². The van der Waals surface area contributed by atoms with Gasteiger partial charge in [0.05, 0.1) is 26.4 Å². The van der Waals surface area contributed by atoms with Crippen LogP contribution >= 0.6 is 0 Å². The van der Waals surface area contributed by atoms with E-state index in [1.165, 1.54) is 0 Å². The first-order chi connectivity index (χ1) is 11.8. The molecule has 1 atom stereocenters. The van der Waals surface area contributed by atoms with Crippen molar-refractivity contribution in [2.75, 3.05) is 65.8 Å². The van der Waals surface area contributed by atoms with E-state index in [2.05, 4.69) is 16.7 Å². The van der Waals surface area contributed by atoms with E-state index in [1.54, 1.807) is 0 Å². The molecule has 140 valence electrons. The standard InChI is InChI=1S/C18H34N2O4/c1-2-3-4-5-18(21)24-16-17(20-10-14-23-15-11-20)6-7-19-8-12-22-13-9-19/h17H,2-16H2,1H3. The second-order valence-corrected chi connectivity index (χ2v) is 6.68. The van der Waals surface area contributed by atoms with E-state index in [9.17, 15) is 4.79 Å². The number of carbonyl (C=O) groups excluding carboxylic acids is 1. The van der Waals surface area contributed by atoms with E-state index in [0.717, 1.165) is 84.8 Å². The molecule has 0 aromatic carbocycles. The highest BCUT2D eigenvalue weighted by molar-refractivity contribution is 5.69. The minimum Gasteiger partial charge on any atom is -0.464 e. The molecule has 0 aromatic heterocycles. The van der Waals surface area contributed by atoms with Gasteiger partial charge in [-0.15, -0.1) is 0 Å². The van der Waals surface area contributed by atoms with E-state index < -0.39 is 0 Å². The van der Waals surface area contributed by atoms with E-state index in [1.807, 2.05) is 0 Å². The van der Waals surface area contributed by atoms with Crippen molar-refractivity contribution in [1.82, 2.24) is 9.80 Å². The van der Waals surface area contributed by atoms with Crippen LogP contribution in [0.4, 0.5) is 0 Å². The van der Waals surface area contributed by atoms with Gasteiger partial charge in [0.2, 0.25) is 0 Å². The van der Waals surface area contributed by atoms with Gasteiger partial charge < -0.3 is 14.2 Å². The quantitative estimate of drug-likeness (QED) is 0.443. The Bertz CT molecular complexity index is 342. The van der Waals surface area contributed by atoms with Gasteiger partial charge in [0.15, 0.2) is 0 Å². The van der Waals surface area contributed by atoms with Crippen molar-refractivity contribution in [2.45, 2.75) is 45.1 Å². The molecule has 0 saturated carbocycles. The van der Waals surface area contributed by atoms with Gasteiger partial charge in [-0.05, 0) is 19.4 Å². The summed E-state index contributed by atoms with van der Waals surface area (Å²) < 4.78 is 16.4. The second kappa shape index (κ2) is 11.8. The van der Waals surface area contributed by atoms with Crippen LogP contribution in [0.25, 0.3) is 0 Å². The predicted octanol–water partition coefficient (Wildman–Crippen LogP) is 1.53. The van der Waals surface area contributed by atoms with E-state index in [4.69, 9.17) is 14.2 Å². The highest BCUT2D eigenvalue weighted by atomic mass is 16.5. The number of nitrogens with zero attached hydrogens (tertiary/aromatic N) is 2. The Morgan fingerprint density at radius 2 is 1.71 bits per heavy atom. The van der Waals surface area contributed by atoms with Crippen LogP contribution < -0.4 is 0 Å². The summed E-state index contributed by atoms with van der Waals surface area (Å²) in [7, 11) is 0. The van der Waals surface area contributed by atoms with Gasteiger partial charge in [0.1, 0.15) is 6.61 Å². The molecule has 6 heteroatoms. The topological polar surface area (TPSA) is 51.2 Å². The largest absolute Gasteiger partial charge is 0.464 e. The van der Waals surface area contributed by atoms with Crippen LogP contribution in [-0.4, -0.2) is 87.6 Å². The molecule has 6 nitrogen and oxygen atoms in total. The zero-order valence-electron chi connectivity index (χ0n) is 15.2. The summed E-state index contributed by atoms with van der Waals surface area (Å²) in [6, 6.07) is 0.298. The lowest BCUT2D eigenvalue weighted by Gasteiger charge is -2.36. The minimum atomic E-state index is -0.0481. The number of hydrogen-bond donors (Lipinski definition) is 0. The van der Waals surface area contributed by atoms with E-state index in [-0.39, 0.29) is 5.97 Å². The molecule has 2 heterocycles. The number of carbonyl (C=O) groups is 1. The van der Waals surface area contributed by atoms with Gasteiger partial charge >= 0.3 is 5.97 Å². The molecule has 24 heavy (non-hydrogen) atoms. The van der Waals surface area contributed by atoms with E-state index in [0.29, 0.717) is 19.1 Å². The number of unbranched alkanes of at least 4 members (excludes halogenated alkanes) is 2. The summed E-state index contributed by atoms with van der Waals surface area (Å²) in [6.07, 6.45) is 4.74. The third-order valence-electron chi connectivity index (χ3n) is 4.87. The Morgan fingerprint density at radius 1 is 1.04 bits per heavy atom. The smallest absolute Gasteiger partial charge is 0.305 e. The Morgan fingerprint density at radius 3 is 2.38 bits per heavy atom. The van der Waals surface area contributed by atoms with Crippen molar-refractivity contribution in [3.63, 3.8) is 0 Å². The van der Waals surface area contributed by atoms with Crippen LogP contribution in [0.1, 0.15) is 39.0 Å². The van der Waals surface area contributed by atoms with Crippen molar-refractivity contribution in [2.24, 2.45) is 0 Å². The Hall–Kier alpha value is -0.690. The molecule has 2 fully saturated rings. The molecule has 0 bridgehead atoms. The van der Waals surface area contributed by atoms with Gasteiger partial charge in [0, 0.05) is 38.6 Å². The fraction of sp³-hybridized carbons (Fsp3) is 0.944. The summed E-state index contributed by atoms with van der Waals surface area (Å²) in [6.45, 7) is 10.8. The summed E-state index contributed by atoms with van der Waals surface area (Å²) in [4.78, 5) is 16.8. The molecule has 1 unspecified atom stereocenters. The summed E-state index contributed by atoms with van der Waals surface area (Å²) in [5.74, 6) is -0.0481. The maximum absolute atomic E-state index is 11.9. The minimum absolute atomic E-state index is 0.0481. The van der Waals surface area contributed by atoms with Crippen molar-refractivity contribution in [3.8, 4) is 0 Å². The lowest BCUT2D eigenvalue weighted by molar-refractivity contribution is -0.146. The first-order valence-electron chi connectivity index (χ1n) is 9.57. The normalized spacial score (nSPS) is 21.5. The fourth-order valence-electron chi connectivity index (χ4n) is 3.25. The molecule has 2 aliphatic rings. The van der Waals surface area contributed by atoms with Crippen LogP contribution in [0.5, 0.6) is 0 Å². The molecule has 0 amide bonds. The molecule has 2 rings (SSSR count). The molecule has 0 N–H and O–H groups in total. The van der Waals surface area contributed by atoms with Gasteiger partial charge in [-0.1, -0.05) is 19.8 Å². The molecule has 0 radical (unpaired) electrons. The summed E-state index contributed by atoms with van der Waals surface area (Å²) in [5.41, 5.74) is 0. The highest BCUT2D eigenvalue weighted by Crippen LogP contribution is 2.11. The Balaban J connectivity index is 1.74. The number of hydrogen-bond acceptors (Lipinski definition) is 6. The third kappa shape index (κ3) is 7.47. The molecule has 2 aliphatic heterocycles. The van der Waals surface area contributed by atoms with Crippen LogP contribution in [0.15, 0.2) is 0 Å². The van der Waals surface area contributed by atoms with Gasteiger partial charge in [-0.2, -0.15) is 0 Å². The molecule has 0 aliphatic carbocycles. The van der Waals surface area contributed by atoms with Crippen LogP contribution in [0.2, 0.25) is 0 Å². The predicted molar refractivity (Wildman–Crippen MR) is 93.2 cm³/mol. The fourth-order valence-corrected chi connectivity index (χ4v) is 3.25. The van der Waals surface area contributed by atoms with Crippen molar-refractivity contribution < 1.29 is 19.0 Å². The highest BCUT2D eigenvalue weighted by Gasteiger charge is 2.23. The third-order valence-corrected chi connectivity index (χ3v) is 4.87. The zero-order chi connectivity index (χ0) is 17.0. The zero-order valence-corrected chi connectivity index (χ0v) is 15.2. The molecule has 0 aromatic rings. The lowest BCUT2D eigenvalue weighted by atomic mass is 10.1. The van der Waals surface area contributed by atoms with Crippen LogP contribution in [0, 0.1) is 0 Å². The van der Waals surface area contributed by atoms with Crippen molar-refractivity contribution >= 4 is 5.97 Å². The molecule has 0 spiro atoms. The first kappa shape index (κ1) is 19.6. The first-order valence-corrected chi connectivity index (χ1v) is 9.57. The average Bonchev–Trinajstić information content (AvgIpc) is 2.63. The van der Waals surface area contributed by atoms with Gasteiger partial charge in [0.25, 0.3) is 0 Å². The van der Waals surface area contributed by atoms with Crippen molar-refractivity contribution in [1.29, 1.82) is 0 Å². The molecular weight excluding hydrogens is 308 g/mol. The second-order valence-electron chi connectivity index (χ2n) is 6.68. The summed E-state index contributed by atoms with van der Waals surface area (Å²) in [5, 5.41) is 0. The number of rotatable bonds is 10. The Labute approximate surface area is 146 Å². The number of ether oxygens (including phenoxy) is 3. The van der Waals surface area contributed by atoms with Crippen LogP contribution in [-0.2, 0) is 19.0 Å². The summed E-state index contributed by atoms with van der Waals surface area (Å²) >= 11 is 0. The van der Waals surface area contributed by atoms with Crippen molar-refractivity contribution in [3.05, 3.63) is 0 Å². The maximum Gasteiger partial charge on any atom is 0.305 e. The average molecular weight is 342 g/mol. The maximum atomic E-state index is 11.9. The number of morpholine rings is 2. The molecule has 2 saturated heterocycles. The SMILES string of the molecule is CCCCCC(=O)OCC(CCN1CCOCC1)N1CCOCC1. The monoisotopic (exact) mass is 342 g/mol. The van der Waals surface area contributed by atoms with E-state index >= 15 is 0 Å².